The Hall–Kier alpha value is -2.97. The fourth-order valence-corrected chi connectivity index (χ4v) is 3.82. The van der Waals surface area contributed by atoms with Gasteiger partial charge < -0.3 is 10.4 Å². The van der Waals surface area contributed by atoms with Crippen molar-refractivity contribution in [2.75, 3.05) is 5.32 Å². The van der Waals surface area contributed by atoms with Crippen LogP contribution in [0.2, 0.25) is 0 Å². The Morgan fingerprint density at radius 1 is 1.29 bits per heavy atom. The summed E-state index contributed by atoms with van der Waals surface area (Å²) in [4.78, 5) is 43.7. The molecule has 1 aliphatic carbocycles. The number of H-pyrrole nitrogens is 1. The Morgan fingerprint density at radius 3 is 2.57 bits per heavy atom. The van der Waals surface area contributed by atoms with Gasteiger partial charge in [-0.25, -0.2) is 4.98 Å². The first-order valence-electron chi connectivity index (χ1n) is 9.52. The predicted octanol–water partition coefficient (Wildman–Crippen LogP) is 1.96. The Labute approximate surface area is 162 Å². The number of aliphatic carboxylic acids is 1. The number of carbonyl (C=O) groups excluding carboxylic acids is 1. The van der Waals surface area contributed by atoms with E-state index in [1.807, 2.05) is 6.92 Å². The molecule has 3 N–H and O–H groups in total. The van der Waals surface area contributed by atoms with Gasteiger partial charge >= 0.3 is 5.97 Å². The number of aromatic amines is 1. The summed E-state index contributed by atoms with van der Waals surface area (Å²) >= 11 is 0. The molecule has 9 heteroatoms. The van der Waals surface area contributed by atoms with E-state index >= 15 is 0 Å². The molecule has 0 spiro atoms. The highest BCUT2D eigenvalue weighted by Gasteiger charge is 2.36. The Balaban J connectivity index is 1.92. The first-order chi connectivity index (χ1) is 13.3. The summed E-state index contributed by atoms with van der Waals surface area (Å²) in [5, 5.41) is 16.5. The van der Waals surface area contributed by atoms with Crippen molar-refractivity contribution in [1.82, 2.24) is 19.7 Å². The highest BCUT2D eigenvalue weighted by molar-refractivity contribution is 5.94. The standard InChI is InChI=1S/C19H25N5O4/c1-4-12-11(3)20-19(22-16(12)25)24-15(9-10(2)23-24)21-17(26)13-7-5-6-8-14(13)18(27)28/h9,13-14H,4-8H2,1-3H3,(H,21,26)(H,27,28)(H,20,22,25)/t13-,14+/m0/s1. The van der Waals surface area contributed by atoms with Gasteiger partial charge in [0.2, 0.25) is 11.9 Å². The SMILES string of the molecule is CCc1c(C)nc(-n2nc(C)cc2NC(=O)[C@H]2CCCC[C@H]2C(=O)O)[nH]c1=O. The number of nitrogens with one attached hydrogen (secondary N) is 2. The predicted molar refractivity (Wildman–Crippen MR) is 103 cm³/mol. The fourth-order valence-electron chi connectivity index (χ4n) is 3.82. The number of nitrogens with zero attached hydrogens (tertiary/aromatic N) is 3. The van der Waals surface area contributed by atoms with Gasteiger partial charge in [0.1, 0.15) is 5.82 Å². The van der Waals surface area contributed by atoms with Crippen LogP contribution in [0.15, 0.2) is 10.9 Å². The molecule has 0 bridgehead atoms. The third-order valence-corrected chi connectivity index (χ3v) is 5.27. The summed E-state index contributed by atoms with van der Waals surface area (Å²) in [6, 6.07) is 1.67. The second-order valence-corrected chi connectivity index (χ2v) is 7.21. The summed E-state index contributed by atoms with van der Waals surface area (Å²) < 4.78 is 1.37. The van der Waals surface area contributed by atoms with Gasteiger partial charge in [-0.2, -0.15) is 9.78 Å². The molecule has 1 aliphatic rings. The minimum Gasteiger partial charge on any atom is -0.481 e. The summed E-state index contributed by atoms with van der Waals surface area (Å²) in [7, 11) is 0. The molecule has 0 radical (unpaired) electrons. The first-order valence-corrected chi connectivity index (χ1v) is 9.52. The molecule has 0 aliphatic heterocycles. The third kappa shape index (κ3) is 3.83. The number of carbonyl (C=O) groups is 2. The molecule has 28 heavy (non-hydrogen) atoms. The van der Waals surface area contributed by atoms with E-state index in [1.165, 1.54) is 4.68 Å². The molecule has 0 aromatic carbocycles. The van der Waals surface area contributed by atoms with Gasteiger partial charge in [-0.1, -0.05) is 19.8 Å². The van der Waals surface area contributed by atoms with Crippen LogP contribution in [0.5, 0.6) is 0 Å². The number of aryl methyl sites for hydroxylation is 2. The maximum atomic E-state index is 12.8. The van der Waals surface area contributed by atoms with Gasteiger partial charge in [-0.3, -0.25) is 19.4 Å². The quantitative estimate of drug-likeness (QED) is 0.719. The second kappa shape index (κ2) is 7.95. The van der Waals surface area contributed by atoms with E-state index in [-0.39, 0.29) is 17.4 Å². The van der Waals surface area contributed by atoms with E-state index in [0.717, 1.165) is 12.8 Å². The number of hydrogen-bond donors (Lipinski definition) is 3. The van der Waals surface area contributed by atoms with Crippen molar-refractivity contribution in [2.24, 2.45) is 11.8 Å². The zero-order valence-electron chi connectivity index (χ0n) is 16.3. The van der Waals surface area contributed by atoms with Crippen LogP contribution in [0.3, 0.4) is 0 Å². The van der Waals surface area contributed by atoms with Gasteiger partial charge in [-0.15, -0.1) is 0 Å². The van der Waals surface area contributed by atoms with Gasteiger partial charge in [0, 0.05) is 17.3 Å². The van der Waals surface area contributed by atoms with Crippen LogP contribution in [0, 0.1) is 25.7 Å². The summed E-state index contributed by atoms with van der Waals surface area (Å²) in [5.74, 6) is -2.01. The summed E-state index contributed by atoms with van der Waals surface area (Å²) in [6.45, 7) is 5.40. The smallest absolute Gasteiger partial charge is 0.307 e. The van der Waals surface area contributed by atoms with Crippen molar-refractivity contribution in [3.8, 4) is 5.95 Å². The molecule has 150 valence electrons. The molecule has 0 saturated heterocycles. The van der Waals surface area contributed by atoms with Gasteiger partial charge in [-0.05, 0) is 33.1 Å². The molecule has 0 unspecified atom stereocenters. The lowest BCUT2D eigenvalue weighted by atomic mass is 9.79. The van der Waals surface area contributed by atoms with E-state index < -0.39 is 17.8 Å². The van der Waals surface area contributed by atoms with Crippen molar-refractivity contribution in [2.45, 2.75) is 52.9 Å². The molecule has 1 fully saturated rings. The normalized spacial score (nSPS) is 19.4. The van der Waals surface area contributed by atoms with Gasteiger partial charge in [0.25, 0.3) is 5.56 Å². The second-order valence-electron chi connectivity index (χ2n) is 7.21. The lowest BCUT2D eigenvalue weighted by Crippen LogP contribution is -2.36. The van der Waals surface area contributed by atoms with Crippen molar-refractivity contribution < 1.29 is 14.7 Å². The summed E-state index contributed by atoms with van der Waals surface area (Å²) in [5.41, 5.74) is 1.59. The van der Waals surface area contributed by atoms with Crippen LogP contribution in [0.4, 0.5) is 5.82 Å². The molecule has 9 nitrogen and oxygen atoms in total. The molecule has 2 heterocycles. The average Bonchev–Trinajstić information content (AvgIpc) is 3.01. The van der Waals surface area contributed by atoms with E-state index in [9.17, 15) is 19.5 Å². The maximum Gasteiger partial charge on any atom is 0.307 e. The van der Waals surface area contributed by atoms with Gasteiger partial charge in [0.05, 0.1) is 17.5 Å². The Morgan fingerprint density at radius 2 is 1.96 bits per heavy atom. The highest BCUT2D eigenvalue weighted by Crippen LogP contribution is 2.31. The van der Waals surface area contributed by atoms with E-state index in [0.29, 0.717) is 42.0 Å². The number of amides is 1. The van der Waals surface area contributed by atoms with E-state index in [2.05, 4.69) is 20.4 Å². The molecular weight excluding hydrogens is 362 g/mol. The Bertz CT molecular complexity index is 962. The van der Waals surface area contributed by atoms with E-state index in [1.54, 1.807) is 19.9 Å². The van der Waals surface area contributed by atoms with Crippen LogP contribution in [-0.2, 0) is 16.0 Å². The summed E-state index contributed by atoms with van der Waals surface area (Å²) in [6.07, 6.45) is 3.24. The average molecular weight is 387 g/mol. The molecule has 1 amide bonds. The van der Waals surface area contributed by atoms with Crippen LogP contribution in [-0.4, -0.2) is 36.7 Å². The van der Waals surface area contributed by atoms with Crippen molar-refractivity contribution in [3.05, 3.63) is 33.4 Å². The largest absolute Gasteiger partial charge is 0.481 e. The fraction of sp³-hybridized carbons (Fsp3) is 0.526. The maximum absolute atomic E-state index is 12.8. The lowest BCUT2D eigenvalue weighted by Gasteiger charge is -2.27. The number of carboxylic acids is 1. The number of hydrogen-bond acceptors (Lipinski definition) is 5. The first kappa shape index (κ1) is 19.8. The van der Waals surface area contributed by atoms with Crippen LogP contribution >= 0.6 is 0 Å². The zero-order valence-corrected chi connectivity index (χ0v) is 16.3. The Kier molecular flexibility index (Phi) is 5.62. The lowest BCUT2D eigenvalue weighted by molar-refractivity contribution is -0.147. The topological polar surface area (TPSA) is 130 Å². The van der Waals surface area contributed by atoms with Crippen molar-refractivity contribution in [3.63, 3.8) is 0 Å². The minimum atomic E-state index is -0.943. The molecule has 3 rings (SSSR count). The molecule has 2 aromatic rings. The third-order valence-electron chi connectivity index (χ3n) is 5.27. The van der Waals surface area contributed by atoms with Gasteiger partial charge in [0.15, 0.2) is 0 Å². The van der Waals surface area contributed by atoms with Crippen LogP contribution in [0.1, 0.15) is 49.6 Å². The van der Waals surface area contributed by atoms with Crippen LogP contribution < -0.4 is 10.9 Å². The monoisotopic (exact) mass is 387 g/mol. The molecule has 2 atom stereocenters. The number of aromatic nitrogens is 4. The highest BCUT2D eigenvalue weighted by atomic mass is 16.4. The molecular formula is C19H25N5O4. The number of anilines is 1. The minimum absolute atomic E-state index is 0.210. The zero-order chi connectivity index (χ0) is 20.4. The van der Waals surface area contributed by atoms with E-state index in [4.69, 9.17) is 0 Å². The van der Waals surface area contributed by atoms with Crippen molar-refractivity contribution in [1.29, 1.82) is 0 Å². The van der Waals surface area contributed by atoms with Crippen molar-refractivity contribution >= 4 is 17.7 Å². The van der Waals surface area contributed by atoms with Crippen LogP contribution in [0.25, 0.3) is 5.95 Å². The number of rotatable bonds is 5. The number of carboxylic acid groups (broad SMARTS) is 1. The molecule has 2 aromatic heterocycles. The molecule has 1 saturated carbocycles.